The van der Waals surface area contributed by atoms with E-state index in [0.717, 1.165) is 11.1 Å². The van der Waals surface area contributed by atoms with E-state index in [2.05, 4.69) is 5.32 Å². The molecule has 0 bridgehead atoms. The van der Waals surface area contributed by atoms with Crippen LogP contribution in [0, 0.1) is 10.1 Å². The molecule has 0 spiro atoms. The van der Waals surface area contributed by atoms with Gasteiger partial charge in [0.05, 0.1) is 10.8 Å². The number of carboxylic acid groups (broad SMARTS) is 1. The van der Waals surface area contributed by atoms with E-state index in [0.29, 0.717) is 0 Å². The SMILES string of the molecule is O=C(N[C@@H](Cc1ccccc1[N+](=O)[O-])C(=O)O)C(c1ccccc1)c1ccccc1. The van der Waals surface area contributed by atoms with Crippen LogP contribution in [0.1, 0.15) is 22.6 Å². The van der Waals surface area contributed by atoms with Crippen molar-refractivity contribution in [1.29, 1.82) is 0 Å². The Morgan fingerprint density at radius 3 is 1.87 bits per heavy atom. The minimum Gasteiger partial charge on any atom is -0.480 e. The summed E-state index contributed by atoms with van der Waals surface area (Å²) in [7, 11) is 0. The Bertz CT molecular complexity index is 998. The highest BCUT2D eigenvalue weighted by Crippen LogP contribution is 2.25. The Balaban J connectivity index is 1.89. The molecule has 0 saturated carbocycles. The minimum absolute atomic E-state index is 0.180. The summed E-state index contributed by atoms with van der Waals surface area (Å²) in [6.45, 7) is 0. The predicted octanol–water partition coefficient (Wildman–Crippen LogP) is 3.54. The first-order valence-electron chi connectivity index (χ1n) is 9.32. The number of hydrogen-bond acceptors (Lipinski definition) is 4. The van der Waals surface area contributed by atoms with Crippen molar-refractivity contribution in [1.82, 2.24) is 5.32 Å². The van der Waals surface area contributed by atoms with Crippen molar-refractivity contribution in [2.75, 3.05) is 0 Å². The van der Waals surface area contributed by atoms with Crippen LogP contribution in [0.15, 0.2) is 84.9 Å². The van der Waals surface area contributed by atoms with E-state index in [1.807, 2.05) is 12.1 Å². The summed E-state index contributed by atoms with van der Waals surface area (Å²) in [5.41, 5.74) is 1.50. The number of nitrogens with zero attached hydrogens (tertiary/aromatic N) is 1. The number of para-hydroxylation sites is 1. The smallest absolute Gasteiger partial charge is 0.326 e. The van der Waals surface area contributed by atoms with Gasteiger partial charge in [-0.25, -0.2) is 4.79 Å². The average Bonchev–Trinajstić information content (AvgIpc) is 2.75. The molecule has 152 valence electrons. The van der Waals surface area contributed by atoms with Gasteiger partial charge < -0.3 is 10.4 Å². The number of carbonyl (C=O) groups excluding carboxylic acids is 1. The van der Waals surface area contributed by atoms with E-state index < -0.39 is 28.8 Å². The highest BCUT2D eigenvalue weighted by atomic mass is 16.6. The predicted molar refractivity (Wildman–Crippen MR) is 111 cm³/mol. The topological polar surface area (TPSA) is 110 Å². The summed E-state index contributed by atoms with van der Waals surface area (Å²) in [6.07, 6.45) is -0.200. The van der Waals surface area contributed by atoms with E-state index in [9.17, 15) is 24.8 Å². The molecule has 0 saturated heterocycles. The molecule has 7 heteroatoms. The first kappa shape index (κ1) is 20.7. The normalized spacial score (nSPS) is 11.6. The number of hydrogen-bond donors (Lipinski definition) is 2. The molecule has 1 amide bonds. The maximum atomic E-state index is 13.2. The molecule has 1 atom stereocenters. The van der Waals surface area contributed by atoms with Crippen LogP contribution < -0.4 is 5.32 Å². The lowest BCUT2D eigenvalue weighted by atomic mass is 9.90. The number of amides is 1. The summed E-state index contributed by atoms with van der Waals surface area (Å²) in [5, 5.41) is 23.5. The second kappa shape index (κ2) is 9.47. The molecule has 0 aliphatic carbocycles. The molecule has 2 N–H and O–H groups in total. The van der Waals surface area contributed by atoms with Gasteiger partial charge in [-0.3, -0.25) is 14.9 Å². The molecule has 0 aliphatic heterocycles. The van der Waals surface area contributed by atoms with Gasteiger partial charge in [0.1, 0.15) is 6.04 Å². The second-order valence-corrected chi connectivity index (χ2v) is 6.74. The second-order valence-electron chi connectivity index (χ2n) is 6.74. The van der Waals surface area contributed by atoms with Gasteiger partial charge in [0.15, 0.2) is 0 Å². The van der Waals surface area contributed by atoms with Gasteiger partial charge in [-0.1, -0.05) is 78.9 Å². The number of nitrogens with one attached hydrogen (secondary N) is 1. The number of rotatable bonds is 8. The number of carbonyl (C=O) groups is 2. The van der Waals surface area contributed by atoms with Gasteiger partial charge in [-0.05, 0) is 11.1 Å². The third-order valence-electron chi connectivity index (χ3n) is 4.75. The molecule has 0 unspecified atom stereocenters. The molecule has 0 fully saturated rings. The number of nitro benzene ring substituents is 1. The zero-order valence-electron chi connectivity index (χ0n) is 16.0. The molecule has 3 aromatic carbocycles. The van der Waals surface area contributed by atoms with Crippen LogP contribution in [0.3, 0.4) is 0 Å². The fourth-order valence-electron chi connectivity index (χ4n) is 3.32. The van der Waals surface area contributed by atoms with Crippen molar-refractivity contribution >= 4 is 17.6 Å². The van der Waals surface area contributed by atoms with Crippen molar-refractivity contribution in [2.45, 2.75) is 18.4 Å². The fourth-order valence-corrected chi connectivity index (χ4v) is 3.32. The summed E-state index contributed by atoms with van der Waals surface area (Å²) < 4.78 is 0. The van der Waals surface area contributed by atoms with E-state index in [1.165, 1.54) is 18.2 Å². The lowest BCUT2D eigenvalue weighted by molar-refractivity contribution is -0.385. The van der Waals surface area contributed by atoms with Crippen molar-refractivity contribution < 1.29 is 19.6 Å². The summed E-state index contributed by atoms with van der Waals surface area (Å²) in [4.78, 5) is 35.7. The molecule has 0 radical (unpaired) electrons. The van der Waals surface area contributed by atoms with Crippen LogP contribution >= 0.6 is 0 Å². The van der Waals surface area contributed by atoms with E-state index in [4.69, 9.17) is 0 Å². The molecular weight excluding hydrogens is 384 g/mol. The van der Waals surface area contributed by atoms with Crippen molar-refractivity contribution in [2.24, 2.45) is 0 Å². The van der Waals surface area contributed by atoms with Crippen molar-refractivity contribution in [3.05, 3.63) is 112 Å². The van der Waals surface area contributed by atoms with Crippen LogP contribution in [0.5, 0.6) is 0 Å². The largest absolute Gasteiger partial charge is 0.480 e. The number of benzene rings is 3. The third-order valence-corrected chi connectivity index (χ3v) is 4.75. The van der Waals surface area contributed by atoms with Crippen LogP contribution in [0.4, 0.5) is 5.69 Å². The van der Waals surface area contributed by atoms with Crippen LogP contribution in [0.2, 0.25) is 0 Å². The molecule has 3 rings (SSSR count). The zero-order chi connectivity index (χ0) is 21.5. The quantitative estimate of drug-likeness (QED) is 0.441. The van der Waals surface area contributed by atoms with Gasteiger partial charge in [0.25, 0.3) is 5.69 Å². The zero-order valence-corrected chi connectivity index (χ0v) is 16.0. The van der Waals surface area contributed by atoms with Crippen molar-refractivity contribution in [3.8, 4) is 0 Å². The molecule has 30 heavy (non-hydrogen) atoms. The van der Waals surface area contributed by atoms with Gasteiger partial charge in [0, 0.05) is 18.1 Å². The monoisotopic (exact) mass is 404 g/mol. The molecule has 3 aromatic rings. The maximum Gasteiger partial charge on any atom is 0.326 e. The van der Waals surface area contributed by atoms with Crippen LogP contribution in [-0.4, -0.2) is 27.9 Å². The number of aliphatic carboxylic acids is 1. The molecular formula is C23H20N2O5. The molecule has 0 aliphatic rings. The standard InChI is InChI=1S/C23H20N2O5/c26-22(21(16-9-3-1-4-10-16)17-11-5-2-6-12-17)24-19(23(27)28)15-18-13-7-8-14-20(18)25(29)30/h1-14,19,21H,15H2,(H,24,26)(H,27,28)/t19-/m0/s1. The molecule has 0 aromatic heterocycles. The van der Waals surface area contributed by atoms with E-state index in [-0.39, 0.29) is 17.7 Å². The maximum absolute atomic E-state index is 13.2. The fraction of sp³-hybridized carbons (Fsp3) is 0.130. The number of nitro groups is 1. The Kier molecular flexibility index (Phi) is 6.54. The van der Waals surface area contributed by atoms with Crippen molar-refractivity contribution in [3.63, 3.8) is 0 Å². The summed E-state index contributed by atoms with van der Waals surface area (Å²) in [6, 6.07) is 22.7. The molecule has 0 heterocycles. The van der Waals surface area contributed by atoms with Gasteiger partial charge in [-0.2, -0.15) is 0 Å². The Labute approximate surface area is 173 Å². The average molecular weight is 404 g/mol. The molecule has 7 nitrogen and oxygen atoms in total. The van der Waals surface area contributed by atoms with Gasteiger partial charge in [0.2, 0.25) is 5.91 Å². The van der Waals surface area contributed by atoms with Crippen LogP contribution in [0.25, 0.3) is 0 Å². The lowest BCUT2D eigenvalue weighted by Crippen LogP contribution is -2.44. The third kappa shape index (κ3) is 4.88. The lowest BCUT2D eigenvalue weighted by Gasteiger charge is -2.21. The van der Waals surface area contributed by atoms with E-state index in [1.54, 1.807) is 54.6 Å². The summed E-state index contributed by atoms with van der Waals surface area (Å²) >= 11 is 0. The summed E-state index contributed by atoms with van der Waals surface area (Å²) in [5.74, 6) is -2.46. The van der Waals surface area contributed by atoms with E-state index >= 15 is 0 Å². The number of carboxylic acids is 1. The first-order valence-corrected chi connectivity index (χ1v) is 9.32. The van der Waals surface area contributed by atoms with Gasteiger partial charge in [-0.15, -0.1) is 0 Å². The van der Waals surface area contributed by atoms with Crippen LogP contribution in [-0.2, 0) is 16.0 Å². The highest BCUT2D eigenvalue weighted by Gasteiger charge is 2.29. The Hall–Kier alpha value is -4.00. The highest BCUT2D eigenvalue weighted by molar-refractivity contribution is 5.90. The minimum atomic E-state index is -1.31. The Morgan fingerprint density at radius 1 is 0.867 bits per heavy atom. The first-order chi connectivity index (χ1) is 14.5. The van der Waals surface area contributed by atoms with Gasteiger partial charge >= 0.3 is 5.97 Å². The Morgan fingerprint density at radius 2 is 1.37 bits per heavy atom.